The van der Waals surface area contributed by atoms with Crippen LogP contribution in [-0.2, 0) is 0 Å². The average molecular weight is 251 g/mol. The van der Waals surface area contributed by atoms with Crippen molar-refractivity contribution in [3.8, 4) is 0 Å². The number of hydrogen-bond acceptors (Lipinski definition) is 4. The van der Waals surface area contributed by atoms with Crippen LogP contribution in [0.3, 0.4) is 0 Å². The monoisotopic (exact) mass is 251 g/mol. The first-order valence-electron chi connectivity index (χ1n) is 7.20. The van der Waals surface area contributed by atoms with Gasteiger partial charge < -0.3 is 10.3 Å². The Morgan fingerprint density at radius 3 is 2.50 bits per heavy atom. The molecule has 0 unspecified atom stereocenters. The van der Waals surface area contributed by atoms with Gasteiger partial charge >= 0.3 is 0 Å². The summed E-state index contributed by atoms with van der Waals surface area (Å²) >= 11 is 0. The molecular weight excluding hydrogens is 226 g/mol. The predicted octanol–water partition coefficient (Wildman–Crippen LogP) is 3.41. The highest BCUT2D eigenvalue weighted by molar-refractivity contribution is 4.99. The van der Waals surface area contributed by atoms with E-state index in [0.717, 1.165) is 24.1 Å². The van der Waals surface area contributed by atoms with Crippen molar-refractivity contribution >= 4 is 0 Å². The molecule has 1 aromatic rings. The van der Waals surface area contributed by atoms with Gasteiger partial charge in [-0.3, -0.25) is 0 Å². The van der Waals surface area contributed by atoms with E-state index >= 15 is 0 Å². The molecule has 0 aliphatic heterocycles. The average Bonchev–Trinajstić information content (AvgIpc) is 2.87. The molecule has 1 saturated carbocycles. The third kappa shape index (κ3) is 2.91. The van der Waals surface area contributed by atoms with E-state index in [1.54, 1.807) is 0 Å². The Balaban J connectivity index is 1.95. The number of rotatable bonds is 4. The molecule has 1 atom stereocenters. The molecule has 1 aliphatic carbocycles. The van der Waals surface area contributed by atoms with E-state index in [0.29, 0.717) is 11.8 Å². The van der Waals surface area contributed by atoms with Crippen molar-refractivity contribution in [1.29, 1.82) is 0 Å². The molecule has 0 aromatic carbocycles. The summed E-state index contributed by atoms with van der Waals surface area (Å²) in [7, 11) is 0. The van der Waals surface area contributed by atoms with Gasteiger partial charge in [-0.05, 0) is 43.9 Å². The van der Waals surface area contributed by atoms with E-state index < -0.39 is 0 Å². The Kier molecular flexibility index (Phi) is 4.38. The molecule has 0 spiro atoms. The van der Waals surface area contributed by atoms with Gasteiger partial charge in [0.15, 0.2) is 5.82 Å². The van der Waals surface area contributed by atoms with Crippen molar-refractivity contribution in [3.05, 3.63) is 11.7 Å². The third-order valence-corrected chi connectivity index (χ3v) is 4.29. The van der Waals surface area contributed by atoms with E-state index in [-0.39, 0.29) is 6.04 Å². The molecule has 0 saturated heterocycles. The van der Waals surface area contributed by atoms with E-state index in [4.69, 9.17) is 10.3 Å². The van der Waals surface area contributed by atoms with Crippen LogP contribution in [0.15, 0.2) is 4.52 Å². The van der Waals surface area contributed by atoms with Gasteiger partial charge in [0.1, 0.15) is 0 Å². The zero-order valence-corrected chi connectivity index (χ0v) is 11.7. The van der Waals surface area contributed by atoms with Crippen LogP contribution in [-0.4, -0.2) is 10.1 Å². The van der Waals surface area contributed by atoms with Crippen LogP contribution in [0.4, 0.5) is 0 Å². The van der Waals surface area contributed by atoms with Gasteiger partial charge in [0.2, 0.25) is 5.89 Å². The van der Waals surface area contributed by atoms with Gasteiger partial charge in [-0.15, -0.1) is 0 Å². The largest absolute Gasteiger partial charge is 0.338 e. The van der Waals surface area contributed by atoms with Crippen LogP contribution in [0.25, 0.3) is 0 Å². The van der Waals surface area contributed by atoms with Gasteiger partial charge in [0, 0.05) is 5.92 Å². The predicted molar refractivity (Wildman–Crippen MR) is 71.1 cm³/mol. The van der Waals surface area contributed by atoms with Crippen molar-refractivity contribution in [2.75, 3.05) is 0 Å². The first kappa shape index (κ1) is 13.5. The van der Waals surface area contributed by atoms with Crippen molar-refractivity contribution in [2.45, 2.75) is 64.8 Å². The molecule has 1 aromatic heterocycles. The van der Waals surface area contributed by atoms with Gasteiger partial charge in [-0.25, -0.2) is 0 Å². The summed E-state index contributed by atoms with van der Waals surface area (Å²) in [5, 5.41) is 4.11. The zero-order valence-electron chi connectivity index (χ0n) is 11.7. The van der Waals surface area contributed by atoms with Crippen LogP contribution in [0, 0.1) is 11.8 Å². The summed E-state index contributed by atoms with van der Waals surface area (Å²) in [6, 6.07) is -0.113. The zero-order chi connectivity index (χ0) is 13.1. The van der Waals surface area contributed by atoms with Crippen molar-refractivity contribution in [2.24, 2.45) is 17.6 Å². The van der Waals surface area contributed by atoms with Crippen LogP contribution in [0.1, 0.15) is 76.6 Å². The number of nitrogens with zero attached hydrogens (tertiary/aromatic N) is 2. The van der Waals surface area contributed by atoms with Crippen LogP contribution >= 0.6 is 0 Å². The van der Waals surface area contributed by atoms with E-state index in [1.807, 2.05) is 6.92 Å². The van der Waals surface area contributed by atoms with Crippen LogP contribution in [0.5, 0.6) is 0 Å². The molecule has 2 N–H and O–H groups in total. The normalized spacial score (nSPS) is 26.5. The minimum atomic E-state index is -0.113. The standard InChI is InChI=1S/C14H25N3O/c1-4-12(15)14-16-13(17-18-14)11-7-5-10(6-8-11)9(2)3/h9-12H,4-8,15H2,1-3H3/t10?,11?,12-/m0/s1. The smallest absolute Gasteiger partial charge is 0.243 e. The summed E-state index contributed by atoms with van der Waals surface area (Å²) in [6.07, 6.45) is 5.77. The van der Waals surface area contributed by atoms with Gasteiger partial charge in [0.25, 0.3) is 0 Å². The summed E-state index contributed by atoms with van der Waals surface area (Å²) in [5.41, 5.74) is 5.90. The highest BCUT2D eigenvalue weighted by atomic mass is 16.5. The summed E-state index contributed by atoms with van der Waals surface area (Å²) in [6.45, 7) is 6.66. The second-order valence-electron chi connectivity index (χ2n) is 5.86. The van der Waals surface area contributed by atoms with Crippen LogP contribution < -0.4 is 5.73 Å². The molecule has 1 aliphatic rings. The fourth-order valence-corrected chi connectivity index (χ4v) is 2.78. The van der Waals surface area contributed by atoms with Crippen LogP contribution in [0.2, 0.25) is 0 Å². The lowest BCUT2D eigenvalue weighted by molar-refractivity contribution is 0.251. The topological polar surface area (TPSA) is 64.9 Å². The van der Waals surface area contributed by atoms with E-state index in [2.05, 4.69) is 24.0 Å². The van der Waals surface area contributed by atoms with Crippen molar-refractivity contribution in [3.63, 3.8) is 0 Å². The summed E-state index contributed by atoms with van der Waals surface area (Å²) in [5.74, 6) is 3.60. The van der Waals surface area contributed by atoms with E-state index in [9.17, 15) is 0 Å². The molecule has 102 valence electrons. The lowest BCUT2D eigenvalue weighted by Crippen LogP contribution is -2.18. The molecule has 0 amide bonds. The molecule has 0 bridgehead atoms. The number of hydrogen-bond donors (Lipinski definition) is 1. The lowest BCUT2D eigenvalue weighted by atomic mass is 9.77. The SMILES string of the molecule is CC[C@H](N)c1nc(C2CCC(C(C)C)CC2)no1. The third-order valence-electron chi connectivity index (χ3n) is 4.29. The van der Waals surface area contributed by atoms with Gasteiger partial charge in [-0.1, -0.05) is 25.9 Å². The Morgan fingerprint density at radius 2 is 1.94 bits per heavy atom. The molecular formula is C14H25N3O. The summed E-state index contributed by atoms with van der Waals surface area (Å²) in [4.78, 5) is 4.47. The molecule has 1 heterocycles. The first-order valence-corrected chi connectivity index (χ1v) is 7.20. The molecule has 18 heavy (non-hydrogen) atoms. The number of nitrogens with two attached hydrogens (primary N) is 1. The lowest BCUT2D eigenvalue weighted by Gasteiger charge is -2.29. The maximum atomic E-state index is 5.90. The van der Waals surface area contributed by atoms with Gasteiger partial charge in [0.05, 0.1) is 6.04 Å². The molecule has 4 nitrogen and oxygen atoms in total. The Bertz CT molecular complexity index is 367. The van der Waals surface area contributed by atoms with Crippen molar-refractivity contribution in [1.82, 2.24) is 10.1 Å². The second-order valence-corrected chi connectivity index (χ2v) is 5.86. The van der Waals surface area contributed by atoms with Gasteiger partial charge in [-0.2, -0.15) is 4.98 Å². The maximum Gasteiger partial charge on any atom is 0.243 e. The Labute approximate surface area is 109 Å². The van der Waals surface area contributed by atoms with E-state index in [1.165, 1.54) is 25.7 Å². The maximum absolute atomic E-state index is 5.90. The second kappa shape index (κ2) is 5.83. The fourth-order valence-electron chi connectivity index (χ4n) is 2.78. The van der Waals surface area contributed by atoms with Crippen molar-refractivity contribution < 1.29 is 4.52 Å². The summed E-state index contributed by atoms with van der Waals surface area (Å²) < 4.78 is 5.26. The highest BCUT2D eigenvalue weighted by Gasteiger charge is 2.27. The molecule has 1 fully saturated rings. The Morgan fingerprint density at radius 1 is 1.28 bits per heavy atom. The molecule has 0 radical (unpaired) electrons. The first-order chi connectivity index (χ1) is 8.61. The molecule has 4 heteroatoms. The number of aromatic nitrogens is 2. The Hall–Kier alpha value is -0.900. The molecule has 2 rings (SSSR count). The highest BCUT2D eigenvalue weighted by Crippen LogP contribution is 2.37. The minimum Gasteiger partial charge on any atom is -0.338 e. The minimum absolute atomic E-state index is 0.113. The quantitative estimate of drug-likeness (QED) is 0.890. The fraction of sp³-hybridized carbons (Fsp3) is 0.857.